The molecule has 0 spiro atoms. The Morgan fingerprint density at radius 3 is 2.86 bits per heavy atom. The number of guanidine groups is 1. The van der Waals surface area contributed by atoms with Crippen molar-refractivity contribution in [2.45, 2.75) is 26.2 Å². The fraction of sp³-hybridized carbons (Fsp3) is 0.923. The Morgan fingerprint density at radius 1 is 1.43 bits per heavy atom. The molecular weight excluding hydrogens is 395 g/mol. The van der Waals surface area contributed by atoms with E-state index in [0.717, 1.165) is 32.7 Å². The van der Waals surface area contributed by atoms with Gasteiger partial charge in [0.15, 0.2) is 5.96 Å². The predicted octanol–water partition coefficient (Wildman–Crippen LogP) is 1.87. The topological polar surface area (TPSA) is 54.9 Å². The largest absolute Gasteiger partial charge is 0.381 e. The van der Waals surface area contributed by atoms with E-state index in [9.17, 15) is 8.78 Å². The summed E-state index contributed by atoms with van der Waals surface area (Å²) in [5.41, 5.74) is 0. The van der Waals surface area contributed by atoms with Crippen LogP contribution in [0.2, 0.25) is 0 Å². The third kappa shape index (κ3) is 11.1. The SMILES string of the molecule is CCNC(=NCC(F)F)NCCCOCC1CCOC1.I. The van der Waals surface area contributed by atoms with Crippen molar-refractivity contribution in [2.24, 2.45) is 10.9 Å². The Balaban J connectivity index is 0.00000400. The minimum Gasteiger partial charge on any atom is -0.381 e. The van der Waals surface area contributed by atoms with Crippen LogP contribution >= 0.6 is 24.0 Å². The van der Waals surface area contributed by atoms with Gasteiger partial charge >= 0.3 is 0 Å². The number of halogens is 3. The van der Waals surface area contributed by atoms with E-state index >= 15 is 0 Å². The van der Waals surface area contributed by atoms with Crippen molar-refractivity contribution in [3.05, 3.63) is 0 Å². The van der Waals surface area contributed by atoms with E-state index in [1.54, 1.807) is 0 Å². The summed E-state index contributed by atoms with van der Waals surface area (Å²) in [7, 11) is 0. The number of ether oxygens (including phenoxy) is 2. The molecule has 126 valence electrons. The Kier molecular flexibility index (Phi) is 13.3. The molecular formula is C13H26F2IN3O2. The second kappa shape index (κ2) is 13.4. The molecule has 1 unspecified atom stereocenters. The lowest BCUT2D eigenvalue weighted by molar-refractivity contribution is 0.0888. The van der Waals surface area contributed by atoms with Gasteiger partial charge in [-0.15, -0.1) is 24.0 Å². The van der Waals surface area contributed by atoms with Gasteiger partial charge in [0.25, 0.3) is 6.43 Å². The fourth-order valence-corrected chi connectivity index (χ4v) is 1.85. The first kappa shape index (κ1) is 20.8. The van der Waals surface area contributed by atoms with Crippen LogP contribution in [0, 0.1) is 5.92 Å². The molecule has 8 heteroatoms. The van der Waals surface area contributed by atoms with Crippen molar-refractivity contribution in [1.82, 2.24) is 10.6 Å². The number of hydrogen-bond acceptors (Lipinski definition) is 3. The van der Waals surface area contributed by atoms with Gasteiger partial charge in [0, 0.05) is 32.2 Å². The van der Waals surface area contributed by atoms with Crippen molar-refractivity contribution >= 4 is 29.9 Å². The summed E-state index contributed by atoms with van der Waals surface area (Å²) in [6.45, 7) is 5.73. The molecule has 1 fully saturated rings. The summed E-state index contributed by atoms with van der Waals surface area (Å²) in [5, 5.41) is 5.93. The molecule has 0 amide bonds. The molecule has 1 rings (SSSR count). The molecule has 1 saturated heterocycles. The molecule has 5 nitrogen and oxygen atoms in total. The van der Waals surface area contributed by atoms with Gasteiger partial charge in [-0.3, -0.25) is 0 Å². The van der Waals surface area contributed by atoms with Crippen molar-refractivity contribution in [1.29, 1.82) is 0 Å². The maximum Gasteiger partial charge on any atom is 0.257 e. The third-order valence-electron chi connectivity index (χ3n) is 2.87. The van der Waals surface area contributed by atoms with Gasteiger partial charge in [-0.05, 0) is 19.8 Å². The molecule has 21 heavy (non-hydrogen) atoms. The van der Waals surface area contributed by atoms with E-state index in [-0.39, 0.29) is 24.0 Å². The standard InChI is InChI=1S/C13H25F2N3O2.HI/c1-2-16-13(18-8-12(14)15)17-5-3-6-19-9-11-4-7-20-10-11;/h11-12H,2-10H2,1H3,(H2,16,17,18);1H. The van der Waals surface area contributed by atoms with E-state index in [4.69, 9.17) is 9.47 Å². The van der Waals surface area contributed by atoms with Crippen LogP contribution in [0.15, 0.2) is 4.99 Å². The van der Waals surface area contributed by atoms with Crippen molar-refractivity contribution in [3.8, 4) is 0 Å². The molecule has 1 atom stereocenters. The molecule has 0 aromatic rings. The summed E-state index contributed by atoms with van der Waals surface area (Å²) in [6.07, 6.45) is -0.530. The van der Waals surface area contributed by atoms with Crippen LogP contribution in [0.4, 0.5) is 8.78 Å². The van der Waals surface area contributed by atoms with E-state index in [2.05, 4.69) is 15.6 Å². The lowest BCUT2D eigenvalue weighted by Gasteiger charge is -2.12. The first-order valence-electron chi connectivity index (χ1n) is 7.18. The van der Waals surface area contributed by atoms with Gasteiger partial charge < -0.3 is 20.1 Å². The van der Waals surface area contributed by atoms with Crippen molar-refractivity contribution in [3.63, 3.8) is 0 Å². The molecule has 0 bridgehead atoms. The van der Waals surface area contributed by atoms with E-state index < -0.39 is 13.0 Å². The van der Waals surface area contributed by atoms with E-state index in [1.807, 2.05) is 6.92 Å². The van der Waals surface area contributed by atoms with Crippen molar-refractivity contribution < 1.29 is 18.3 Å². The van der Waals surface area contributed by atoms with Crippen LogP contribution in [-0.2, 0) is 9.47 Å². The van der Waals surface area contributed by atoms with Crippen LogP contribution in [0.1, 0.15) is 19.8 Å². The quantitative estimate of drug-likeness (QED) is 0.258. The molecule has 0 aromatic heterocycles. The Hall–Kier alpha value is -0.220. The molecule has 1 aliphatic heterocycles. The lowest BCUT2D eigenvalue weighted by Crippen LogP contribution is -2.38. The minimum absolute atomic E-state index is 0. The molecule has 1 heterocycles. The Bertz CT molecular complexity index is 278. The summed E-state index contributed by atoms with van der Waals surface area (Å²) in [5.74, 6) is 0.949. The number of nitrogens with zero attached hydrogens (tertiary/aromatic N) is 1. The first-order chi connectivity index (χ1) is 9.72. The van der Waals surface area contributed by atoms with Crippen LogP contribution in [-0.4, -0.2) is 58.4 Å². The van der Waals surface area contributed by atoms with Crippen LogP contribution < -0.4 is 10.6 Å². The summed E-state index contributed by atoms with van der Waals surface area (Å²) >= 11 is 0. The zero-order valence-corrected chi connectivity index (χ0v) is 14.8. The highest BCUT2D eigenvalue weighted by Crippen LogP contribution is 2.12. The average Bonchev–Trinajstić information content (AvgIpc) is 2.92. The number of nitrogens with one attached hydrogen (secondary N) is 2. The number of alkyl halides is 2. The Morgan fingerprint density at radius 2 is 2.24 bits per heavy atom. The molecule has 0 saturated carbocycles. The number of hydrogen-bond donors (Lipinski definition) is 2. The highest BCUT2D eigenvalue weighted by molar-refractivity contribution is 14.0. The maximum atomic E-state index is 12.1. The van der Waals surface area contributed by atoms with Gasteiger partial charge in [0.2, 0.25) is 0 Å². The van der Waals surface area contributed by atoms with E-state index in [1.165, 1.54) is 0 Å². The van der Waals surface area contributed by atoms with Gasteiger partial charge in [-0.1, -0.05) is 0 Å². The zero-order chi connectivity index (χ0) is 14.6. The average molecular weight is 421 g/mol. The summed E-state index contributed by atoms with van der Waals surface area (Å²) in [4.78, 5) is 3.78. The lowest BCUT2D eigenvalue weighted by atomic mass is 10.1. The second-order valence-corrected chi connectivity index (χ2v) is 4.70. The van der Waals surface area contributed by atoms with Crippen molar-refractivity contribution in [2.75, 3.05) is 46.1 Å². The monoisotopic (exact) mass is 421 g/mol. The summed E-state index contributed by atoms with van der Waals surface area (Å²) in [6, 6.07) is 0. The molecule has 1 aliphatic rings. The van der Waals surface area contributed by atoms with E-state index in [0.29, 0.717) is 31.6 Å². The van der Waals surface area contributed by atoms with Gasteiger partial charge in [0.05, 0.1) is 13.2 Å². The predicted molar refractivity (Wildman–Crippen MR) is 89.8 cm³/mol. The van der Waals surface area contributed by atoms with Crippen LogP contribution in [0.5, 0.6) is 0 Å². The highest BCUT2D eigenvalue weighted by atomic mass is 127. The van der Waals surface area contributed by atoms with Gasteiger partial charge in [-0.2, -0.15) is 0 Å². The highest BCUT2D eigenvalue weighted by Gasteiger charge is 2.15. The molecule has 0 radical (unpaired) electrons. The third-order valence-corrected chi connectivity index (χ3v) is 2.87. The first-order valence-corrected chi connectivity index (χ1v) is 7.18. The van der Waals surface area contributed by atoms with Crippen LogP contribution in [0.25, 0.3) is 0 Å². The molecule has 0 aliphatic carbocycles. The second-order valence-electron chi connectivity index (χ2n) is 4.70. The van der Waals surface area contributed by atoms with Gasteiger partial charge in [-0.25, -0.2) is 13.8 Å². The summed E-state index contributed by atoms with van der Waals surface area (Å²) < 4.78 is 35.0. The smallest absolute Gasteiger partial charge is 0.257 e. The van der Waals surface area contributed by atoms with Gasteiger partial charge in [0.1, 0.15) is 6.54 Å². The number of aliphatic imine (C=N–C) groups is 1. The fourth-order valence-electron chi connectivity index (χ4n) is 1.85. The maximum absolute atomic E-state index is 12.1. The minimum atomic E-state index is -2.41. The zero-order valence-electron chi connectivity index (χ0n) is 12.4. The normalized spacial score (nSPS) is 18.7. The Labute approximate surface area is 142 Å². The molecule has 2 N–H and O–H groups in total. The van der Waals surface area contributed by atoms with Crippen LogP contribution in [0.3, 0.4) is 0 Å². The molecule has 0 aromatic carbocycles. The number of rotatable bonds is 9.